The smallest absolute Gasteiger partial charge is 0.338 e. The number of β-lactam (4-membered cyclic amide) rings is 1. The fourth-order valence-electron chi connectivity index (χ4n) is 3.19. The molecule has 0 spiro atoms. The number of rotatable bonds is 5. The average Bonchev–Trinajstić information content (AvgIpc) is 2.71. The van der Waals surface area contributed by atoms with Gasteiger partial charge in [0.05, 0.1) is 21.9 Å². The predicted molar refractivity (Wildman–Crippen MR) is 109 cm³/mol. The number of hydrogen-bond acceptors (Lipinski definition) is 5. The second-order valence-electron chi connectivity index (χ2n) is 6.35. The first-order valence-corrected chi connectivity index (χ1v) is 10.9. The zero-order valence-corrected chi connectivity index (χ0v) is 16.4. The molecule has 2 aromatic rings. The van der Waals surface area contributed by atoms with E-state index in [-0.39, 0.29) is 21.8 Å². The van der Waals surface area contributed by atoms with Gasteiger partial charge in [0.2, 0.25) is 5.91 Å². The van der Waals surface area contributed by atoms with Crippen LogP contribution >= 0.6 is 23.5 Å². The van der Waals surface area contributed by atoms with Gasteiger partial charge in [0.25, 0.3) is 0 Å². The lowest BCUT2D eigenvalue weighted by Gasteiger charge is -2.43. The largest absolute Gasteiger partial charge is 0.449 e. The molecule has 1 saturated heterocycles. The van der Waals surface area contributed by atoms with Gasteiger partial charge in [-0.1, -0.05) is 60.7 Å². The van der Waals surface area contributed by atoms with E-state index in [0.717, 1.165) is 11.1 Å². The van der Waals surface area contributed by atoms with Crippen molar-refractivity contribution >= 4 is 35.4 Å². The van der Waals surface area contributed by atoms with Crippen LogP contribution in [0.4, 0.5) is 0 Å². The highest BCUT2D eigenvalue weighted by Crippen LogP contribution is 2.44. The number of thioether (sulfide) groups is 2. The molecule has 2 aromatic carbocycles. The van der Waals surface area contributed by atoms with Gasteiger partial charge in [0.15, 0.2) is 6.10 Å². The lowest BCUT2D eigenvalue weighted by molar-refractivity contribution is -0.143. The Balaban J connectivity index is 1.63. The van der Waals surface area contributed by atoms with E-state index in [4.69, 9.17) is 4.74 Å². The highest BCUT2D eigenvalue weighted by molar-refractivity contribution is 8.17. The van der Waals surface area contributed by atoms with Crippen LogP contribution in [0.5, 0.6) is 0 Å². The predicted octanol–water partition coefficient (Wildman–Crippen LogP) is 4.20. The van der Waals surface area contributed by atoms with Crippen molar-refractivity contribution in [2.24, 2.45) is 0 Å². The number of esters is 1. The van der Waals surface area contributed by atoms with Gasteiger partial charge in [-0.05, 0) is 17.4 Å². The number of carbonyl (C=O) groups excluding carboxylic acids is 2. The van der Waals surface area contributed by atoms with Crippen molar-refractivity contribution in [2.45, 2.75) is 22.5 Å². The number of nitrogens with zero attached hydrogens (tertiary/aromatic N) is 1. The molecule has 0 bridgehead atoms. The highest BCUT2D eigenvalue weighted by atomic mass is 32.2. The van der Waals surface area contributed by atoms with E-state index >= 15 is 0 Å². The quantitative estimate of drug-likeness (QED) is 0.559. The summed E-state index contributed by atoms with van der Waals surface area (Å²) in [4.78, 5) is 26.5. The normalized spacial score (nSPS) is 21.3. The van der Waals surface area contributed by atoms with Gasteiger partial charge in [-0.25, -0.2) is 4.79 Å². The summed E-state index contributed by atoms with van der Waals surface area (Å²) in [6.45, 7) is 0. The maximum Gasteiger partial charge on any atom is 0.338 e. The molecule has 1 amide bonds. The van der Waals surface area contributed by atoms with Crippen molar-refractivity contribution in [1.82, 2.24) is 4.90 Å². The number of hydrogen-bond donors (Lipinski definition) is 0. The van der Waals surface area contributed by atoms with Crippen molar-refractivity contribution in [3.63, 3.8) is 0 Å². The molecular formula is C21H19NO3S2. The molecule has 0 aliphatic carbocycles. The third-order valence-corrected chi connectivity index (χ3v) is 7.44. The molecule has 0 radical (unpaired) electrons. The van der Waals surface area contributed by atoms with E-state index < -0.39 is 6.10 Å². The Morgan fingerprint density at radius 3 is 2.22 bits per heavy atom. The Morgan fingerprint density at radius 1 is 1.11 bits per heavy atom. The van der Waals surface area contributed by atoms with Crippen LogP contribution < -0.4 is 0 Å². The van der Waals surface area contributed by atoms with Crippen molar-refractivity contribution < 1.29 is 14.3 Å². The molecule has 2 atom stereocenters. The molecule has 2 aliphatic heterocycles. The number of amides is 1. The molecule has 0 aromatic heterocycles. The first-order valence-electron chi connectivity index (χ1n) is 8.69. The Bertz CT molecular complexity index is 830. The Kier molecular flexibility index (Phi) is 5.27. The topological polar surface area (TPSA) is 46.6 Å². The Morgan fingerprint density at radius 2 is 1.70 bits per heavy atom. The molecule has 0 N–H and O–H groups in total. The molecule has 2 heterocycles. The summed E-state index contributed by atoms with van der Waals surface area (Å²) < 4.78 is 5.94. The van der Waals surface area contributed by atoms with Crippen LogP contribution in [0.2, 0.25) is 0 Å². The molecule has 1 fully saturated rings. The van der Waals surface area contributed by atoms with Crippen molar-refractivity contribution in [1.29, 1.82) is 0 Å². The fraction of sp³-hybridized carbons (Fsp3) is 0.238. The number of fused-ring (bicyclic) bond motifs is 1. The van der Waals surface area contributed by atoms with Crippen LogP contribution in [0.15, 0.2) is 72.4 Å². The summed E-state index contributed by atoms with van der Waals surface area (Å²) in [7, 11) is 0. The number of carbonyl (C=O) groups is 2. The minimum Gasteiger partial charge on any atom is -0.449 e. The monoisotopic (exact) mass is 397 g/mol. The van der Waals surface area contributed by atoms with Gasteiger partial charge >= 0.3 is 5.97 Å². The second-order valence-corrected chi connectivity index (χ2v) is 8.88. The summed E-state index contributed by atoms with van der Waals surface area (Å²) in [5.74, 6) is -0.322. The molecule has 4 rings (SSSR count). The van der Waals surface area contributed by atoms with Crippen molar-refractivity contribution in [3.8, 4) is 0 Å². The number of ether oxygens (including phenoxy) is 1. The Labute approximate surface area is 167 Å². The first kappa shape index (κ1) is 18.2. The average molecular weight is 398 g/mol. The zero-order valence-electron chi connectivity index (χ0n) is 14.8. The van der Waals surface area contributed by atoms with Crippen LogP contribution in [0, 0.1) is 0 Å². The van der Waals surface area contributed by atoms with E-state index in [1.165, 1.54) is 0 Å². The van der Waals surface area contributed by atoms with E-state index in [0.29, 0.717) is 12.0 Å². The third-order valence-electron chi connectivity index (χ3n) is 4.64. The van der Waals surface area contributed by atoms with Gasteiger partial charge in [-0.15, -0.1) is 23.5 Å². The van der Waals surface area contributed by atoms with Gasteiger partial charge in [0, 0.05) is 6.20 Å². The minimum atomic E-state index is -0.488. The molecule has 0 saturated carbocycles. The van der Waals surface area contributed by atoms with E-state index in [1.54, 1.807) is 34.6 Å². The second kappa shape index (κ2) is 7.82. The third kappa shape index (κ3) is 3.64. The maximum absolute atomic E-state index is 13.1. The van der Waals surface area contributed by atoms with Gasteiger partial charge < -0.3 is 9.64 Å². The molecule has 6 heteroatoms. The van der Waals surface area contributed by atoms with Gasteiger partial charge in [-0.2, -0.15) is 0 Å². The van der Waals surface area contributed by atoms with Gasteiger partial charge in [-0.3, -0.25) is 4.79 Å². The summed E-state index contributed by atoms with van der Waals surface area (Å²) in [6.07, 6.45) is 3.71. The van der Waals surface area contributed by atoms with Crippen LogP contribution in [0.3, 0.4) is 0 Å². The summed E-state index contributed by atoms with van der Waals surface area (Å²) in [5.41, 5.74) is 2.37. The van der Waals surface area contributed by atoms with Crippen molar-refractivity contribution in [2.75, 3.05) is 6.26 Å². The summed E-state index contributed by atoms with van der Waals surface area (Å²) in [5, 5.41) is 0.144. The SMILES string of the molecule is CSC1S[C@@H]2CC(=O)N2C=C1C(=O)OC(c1ccccc1)c1ccccc1. The van der Waals surface area contributed by atoms with Crippen LogP contribution in [0.25, 0.3) is 0 Å². The summed E-state index contributed by atoms with van der Waals surface area (Å²) in [6, 6.07) is 19.4. The molecule has 4 nitrogen and oxygen atoms in total. The number of benzene rings is 2. The minimum absolute atomic E-state index is 0.0287. The molecular weight excluding hydrogens is 378 g/mol. The lowest BCUT2D eigenvalue weighted by atomic mass is 10.0. The lowest BCUT2D eigenvalue weighted by Crippen LogP contribution is -2.50. The highest BCUT2D eigenvalue weighted by Gasteiger charge is 2.43. The van der Waals surface area contributed by atoms with Crippen LogP contribution in [0.1, 0.15) is 23.7 Å². The molecule has 2 aliphatic rings. The standard InChI is InChI=1S/C21H19NO3S2/c1-26-21-16(13-22-17(23)12-18(22)27-21)20(24)25-19(14-8-4-2-5-9-14)15-10-6-3-7-11-15/h2-11,13,18-19,21H,12H2,1H3/t18-,21?/m1/s1. The van der Waals surface area contributed by atoms with E-state index in [9.17, 15) is 9.59 Å². The molecule has 138 valence electrons. The van der Waals surface area contributed by atoms with Crippen molar-refractivity contribution in [3.05, 3.63) is 83.6 Å². The van der Waals surface area contributed by atoms with E-state index in [2.05, 4.69) is 0 Å². The Hall–Kier alpha value is -2.18. The van der Waals surface area contributed by atoms with Crippen LogP contribution in [-0.2, 0) is 14.3 Å². The maximum atomic E-state index is 13.1. The summed E-state index contributed by atoms with van der Waals surface area (Å²) >= 11 is 3.24. The molecule has 27 heavy (non-hydrogen) atoms. The van der Waals surface area contributed by atoms with E-state index in [1.807, 2.05) is 66.9 Å². The van der Waals surface area contributed by atoms with Crippen LogP contribution in [-0.4, -0.2) is 33.0 Å². The first-order chi connectivity index (χ1) is 13.2. The molecule has 1 unspecified atom stereocenters. The fourth-order valence-corrected chi connectivity index (χ4v) is 5.57. The zero-order chi connectivity index (χ0) is 18.8. The van der Waals surface area contributed by atoms with Gasteiger partial charge in [0.1, 0.15) is 0 Å².